The van der Waals surface area contributed by atoms with Crippen molar-refractivity contribution in [3.8, 4) is 0 Å². The van der Waals surface area contributed by atoms with Crippen LogP contribution in [0.5, 0.6) is 0 Å². The maximum Gasteiger partial charge on any atom is 0.288 e. The van der Waals surface area contributed by atoms with Crippen LogP contribution in [0.15, 0.2) is 12.3 Å². The summed E-state index contributed by atoms with van der Waals surface area (Å²) in [4.78, 5) is 23.5. The van der Waals surface area contributed by atoms with Gasteiger partial charge in [-0.2, -0.15) is 0 Å². The number of nitrogens with zero attached hydrogens (tertiary/aromatic N) is 2. The van der Waals surface area contributed by atoms with Crippen LogP contribution in [0.4, 0.5) is 5.69 Å². The Hall–Kier alpha value is -1.78. The third kappa shape index (κ3) is 1.45. The number of aromatic nitrogens is 1. The molecule has 1 heterocycles. The summed E-state index contributed by atoms with van der Waals surface area (Å²) in [6.45, 7) is 1.59. The second kappa shape index (κ2) is 3.08. The topological polar surface area (TPSA) is 73.1 Å². The summed E-state index contributed by atoms with van der Waals surface area (Å²) < 4.78 is 0. The van der Waals surface area contributed by atoms with Crippen molar-refractivity contribution < 1.29 is 9.72 Å². The number of pyridine rings is 1. The predicted octanol–water partition coefficient (Wildman–Crippen LogP) is 0.756. The number of hydrogen-bond acceptors (Lipinski definition) is 4. The molecule has 0 saturated carbocycles. The van der Waals surface area contributed by atoms with Crippen molar-refractivity contribution in [1.82, 2.24) is 4.98 Å². The zero-order valence-electron chi connectivity index (χ0n) is 6.27. The van der Waals surface area contributed by atoms with E-state index in [9.17, 15) is 14.9 Å². The quantitative estimate of drug-likeness (QED) is 0.479. The van der Waals surface area contributed by atoms with E-state index in [0.29, 0.717) is 5.69 Å². The largest absolute Gasteiger partial charge is 0.288 e. The van der Waals surface area contributed by atoms with Crippen LogP contribution in [-0.2, 0) is 4.79 Å². The first-order valence-corrected chi connectivity index (χ1v) is 3.14. The molecule has 0 bridgehead atoms. The van der Waals surface area contributed by atoms with Crippen molar-refractivity contribution in [2.75, 3.05) is 0 Å². The summed E-state index contributed by atoms with van der Waals surface area (Å²) in [7, 11) is 0. The minimum Gasteiger partial charge on any atom is -0.285 e. The van der Waals surface area contributed by atoms with E-state index in [2.05, 4.69) is 4.98 Å². The minimum atomic E-state index is -0.604. The van der Waals surface area contributed by atoms with E-state index in [1.54, 1.807) is 13.2 Å². The molecule has 0 N–H and O–H groups in total. The lowest BCUT2D eigenvalue weighted by atomic mass is 10.2. The Morgan fingerprint density at radius 2 is 2.33 bits per heavy atom. The Morgan fingerprint density at radius 3 is 2.83 bits per heavy atom. The van der Waals surface area contributed by atoms with Crippen LogP contribution in [0.2, 0.25) is 0 Å². The van der Waals surface area contributed by atoms with Gasteiger partial charge >= 0.3 is 0 Å². The van der Waals surface area contributed by atoms with Gasteiger partial charge in [0.15, 0.2) is 0 Å². The van der Waals surface area contributed by atoms with Gasteiger partial charge in [-0.05, 0) is 6.92 Å². The molecular formula is C7H5N2O3. The molecule has 0 saturated heterocycles. The molecular weight excluding hydrogens is 160 g/mol. The summed E-state index contributed by atoms with van der Waals surface area (Å²) in [6.07, 6.45) is 2.68. The predicted molar refractivity (Wildman–Crippen MR) is 40.4 cm³/mol. The second-order valence-corrected chi connectivity index (χ2v) is 2.19. The lowest BCUT2D eigenvalue weighted by Crippen LogP contribution is -1.95. The number of hydrogen-bond donors (Lipinski definition) is 0. The summed E-state index contributed by atoms with van der Waals surface area (Å²) in [6, 6.07) is 1.15. The Bertz CT molecular complexity index is 335. The molecule has 0 aliphatic carbocycles. The third-order valence-corrected chi connectivity index (χ3v) is 1.39. The lowest BCUT2D eigenvalue weighted by Gasteiger charge is -1.94. The van der Waals surface area contributed by atoms with Gasteiger partial charge in [0.05, 0.1) is 10.5 Å². The summed E-state index contributed by atoms with van der Waals surface area (Å²) in [5.74, 6) is 0. The van der Waals surface area contributed by atoms with Crippen molar-refractivity contribution in [3.05, 3.63) is 33.6 Å². The molecule has 1 aromatic heterocycles. The van der Waals surface area contributed by atoms with Crippen molar-refractivity contribution in [3.63, 3.8) is 0 Å². The molecule has 1 rings (SSSR count). The average Bonchev–Trinajstić information content (AvgIpc) is 2.05. The van der Waals surface area contributed by atoms with Crippen molar-refractivity contribution >= 4 is 12.0 Å². The van der Waals surface area contributed by atoms with E-state index in [0.717, 1.165) is 12.3 Å². The first-order valence-electron chi connectivity index (χ1n) is 3.14. The highest BCUT2D eigenvalue weighted by atomic mass is 16.6. The van der Waals surface area contributed by atoms with Gasteiger partial charge in [0.1, 0.15) is 6.20 Å². The molecule has 5 heteroatoms. The fraction of sp³-hybridized carbons (Fsp3) is 0.143. The van der Waals surface area contributed by atoms with E-state index in [1.807, 2.05) is 0 Å². The number of carbonyl (C=O) groups excluding carboxylic acids is 1. The fourth-order valence-corrected chi connectivity index (χ4v) is 0.725. The lowest BCUT2D eigenvalue weighted by molar-refractivity contribution is -0.385. The molecule has 5 nitrogen and oxygen atoms in total. The van der Waals surface area contributed by atoms with Crippen molar-refractivity contribution in [1.29, 1.82) is 0 Å². The molecule has 1 aromatic rings. The summed E-state index contributed by atoms with van der Waals surface area (Å²) in [5, 5.41) is 10.2. The van der Waals surface area contributed by atoms with Crippen LogP contribution in [-0.4, -0.2) is 16.2 Å². The molecule has 0 unspecified atom stereocenters. The van der Waals surface area contributed by atoms with Crippen molar-refractivity contribution in [2.45, 2.75) is 6.92 Å². The smallest absolute Gasteiger partial charge is 0.285 e. The van der Waals surface area contributed by atoms with Gasteiger partial charge in [0.2, 0.25) is 6.29 Å². The highest BCUT2D eigenvalue weighted by molar-refractivity contribution is 5.77. The number of rotatable bonds is 2. The first-order chi connectivity index (χ1) is 5.65. The Labute approximate surface area is 68.2 Å². The van der Waals surface area contributed by atoms with Gasteiger partial charge in [-0.1, -0.05) is 0 Å². The van der Waals surface area contributed by atoms with Gasteiger partial charge in [-0.25, -0.2) is 0 Å². The maximum atomic E-state index is 10.2. The van der Waals surface area contributed by atoms with Gasteiger partial charge in [-0.15, -0.1) is 0 Å². The molecule has 12 heavy (non-hydrogen) atoms. The fourth-order valence-electron chi connectivity index (χ4n) is 0.725. The Morgan fingerprint density at radius 1 is 1.67 bits per heavy atom. The SMILES string of the molecule is Cc1ncc([N+](=O)[O-])cc1[C]=O. The summed E-state index contributed by atoms with van der Waals surface area (Å²) >= 11 is 0. The maximum absolute atomic E-state index is 10.2. The highest BCUT2D eigenvalue weighted by Crippen LogP contribution is 2.12. The van der Waals surface area contributed by atoms with Crippen LogP contribution < -0.4 is 0 Å². The van der Waals surface area contributed by atoms with Crippen LogP contribution in [0.3, 0.4) is 0 Å². The van der Waals surface area contributed by atoms with Crippen molar-refractivity contribution in [2.24, 2.45) is 0 Å². The molecule has 0 aliphatic rings. The standard InChI is InChI=1S/C7H5N2O3/c1-5-6(4-10)2-7(3-8-5)9(11)12/h2-3H,1H3. The molecule has 1 radical (unpaired) electrons. The number of aryl methyl sites for hydroxylation is 1. The van der Waals surface area contributed by atoms with E-state index < -0.39 is 4.92 Å². The zero-order valence-corrected chi connectivity index (χ0v) is 6.27. The van der Waals surface area contributed by atoms with Gasteiger partial charge in [0, 0.05) is 11.8 Å². The summed E-state index contributed by atoms with van der Waals surface area (Å²) in [5.41, 5.74) is 0.374. The highest BCUT2D eigenvalue weighted by Gasteiger charge is 2.08. The van der Waals surface area contributed by atoms with Crippen LogP contribution in [0, 0.1) is 17.0 Å². The van der Waals surface area contributed by atoms with Crippen LogP contribution in [0.25, 0.3) is 0 Å². The van der Waals surface area contributed by atoms with Gasteiger partial charge < -0.3 is 0 Å². The molecule has 0 amide bonds. The van der Waals surface area contributed by atoms with Crippen LogP contribution in [0.1, 0.15) is 11.3 Å². The Kier molecular flexibility index (Phi) is 2.14. The Balaban J connectivity index is 3.22. The molecule has 0 aromatic carbocycles. The monoisotopic (exact) mass is 165 g/mol. The molecule has 0 spiro atoms. The molecule has 0 aliphatic heterocycles. The third-order valence-electron chi connectivity index (χ3n) is 1.39. The van der Waals surface area contributed by atoms with Gasteiger partial charge in [0.25, 0.3) is 5.69 Å². The molecule has 0 atom stereocenters. The molecule has 0 fully saturated rings. The van der Waals surface area contributed by atoms with E-state index in [1.165, 1.54) is 0 Å². The van der Waals surface area contributed by atoms with E-state index >= 15 is 0 Å². The minimum absolute atomic E-state index is 0.129. The van der Waals surface area contributed by atoms with Crippen LogP contribution >= 0.6 is 0 Å². The van der Waals surface area contributed by atoms with E-state index in [-0.39, 0.29) is 11.3 Å². The second-order valence-electron chi connectivity index (χ2n) is 2.19. The normalized spacial score (nSPS) is 9.42. The van der Waals surface area contributed by atoms with Gasteiger partial charge in [-0.3, -0.25) is 19.9 Å². The number of nitro groups is 1. The average molecular weight is 165 g/mol. The zero-order chi connectivity index (χ0) is 9.14. The molecule has 61 valence electrons. The van der Waals surface area contributed by atoms with E-state index in [4.69, 9.17) is 0 Å². The first kappa shape index (κ1) is 8.32.